The number of fused-ring (bicyclic) bond motifs is 1. The molecule has 0 spiro atoms. The highest BCUT2D eigenvalue weighted by Gasteiger charge is 2.46. The van der Waals surface area contributed by atoms with E-state index in [2.05, 4.69) is 6.92 Å². The second kappa shape index (κ2) is 6.37. The number of methoxy groups -OCH3 is 2. The van der Waals surface area contributed by atoms with Crippen LogP contribution in [0, 0.1) is 5.41 Å². The van der Waals surface area contributed by atoms with Crippen molar-refractivity contribution in [2.45, 2.75) is 38.1 Å². The Morgan fingerprint density at radius 1 is 1.25 bits per heavy atom. The Morgan fingerprint density at radius 2 is 1.96 bits per heavy atom. The summed E-state index contributed by atoms with van der Waals surface area (Å²) in [4.78, 5) is 15.1. The number of hydrogen-bond donors (Lipinski definition) is 1. The summed E-state index contributed by atoms with van der Waals surface area (Å²) in [6.45, 7) is 4.46. The molecule has 1 aromatic carbocycles. The largest absolute Gasteiger partial charge is 0.496 e. The fourth-order valence-corrected chi connectivity index (χ4v) is 4.14. The number of ether oxygens (including phenoxy) is 2. The number of carbonyl (C=O) groups excluding carboxylic acids is 1. The summed E-state index contributed by atoms with van der Waals surface area (Å²) in [7, 11) is 3.40. The topological polar surface area (TPSA) is 64.8 Å². The molecule has 5 nitrogen and oxygen atoms in total. The molecule has 5 heteroatoms. The molecule has 0 radical (unpaired) electrons. The van der Waals surface area contributed by atoms with E-state index in [0.29, 0.717) is 6.42 Å². The minimum Gasteiger partial charge on any atom is -0.496 e. The maximum atomic E-state index is 13.2. The van der Waals surface area contributed by atoms with Gasteiger partial charge in [0.15, 0.2) is 0 Å². The third-order valence-electron chi connectivity index (χ3n) is 5.74. The Labute approximate surface area is 144 Å². The van der Waals surface area contributed by atoms with Gasteiger partial charge in [0.2, 0.25) is 5.91 Å². The maximum absolute atomic E-state index is 13.2. The molecular formula is C19H28N2O3. The van der Waals surface area contributed by atoms with Crippen LogP contribution in [0.3, 0.4) is 0 Å². The highest BCUT2D eigenvalue weighted by atomic mass is 16.5. The van der Waals surface area contributed by atoms with Crippen LogP contribution in [0.15, 0.2) is 18.2 Å². The fraction of sp³-hybridized carbons (Fsp3) is 0.632. The highest BCUT2D eigenvalue weighted by Crippen LogP contribution is 2.41. The lowest BCUT2D eigenvalue weighted by molar-refractivity contribution is -0.140. The van der Waals surface area contributed by atoms with Crippen molar-refractivity contribution in [3.63, 3.8) is 0 Å². The molecule has 1 atom stereocenters. The number of benzene rings is 1. The summed E-state index contributed by atoms with van der Waals surface area (Å²) in [5, 5.41) is 0. The maximum Gasteiger partial charge on any atom is 0.247 e. The van der Waals surface area contributed by atoms with Gasteiger partial charge in [0.05, 0.1) is 13.7 Å². The van der Waals surface area contributed by atoms with Gasteiger partial charge in [-0.3, -0.25) is 4.79 Å². The van der Waals surface area contributed by atoms with Gasteiger partial charge in [-0.25, -0.2) is 0 Å². The lowest BCUT2D eigenvalue weighted by Gasteiger charge is -2.41. The normalized spacial score (nSPS) is 25.4. The molecule has 1 saturated heterocycles. The molecule has 132 valence electrons. The lowest BCUT2D eigenvalue weighted by atomic mass is 9.80. The van der Waals surface area contributed by atoms with Gasteiger partial charge in [0.1, 0.15) is 11.3 Å². The predicted octanol–water partition coefficient (Wildman–Crippen LogP) is 2.07. The first-order valence-corrected chi connectivity index (χ1v) is 8.67. The molecule has 1 aromatic rings. The summed E-state index contributed by atoms with van der Waals surface area (Å²) in [5.41, 5.74) is 7.87. The van der Waals surface area contributed by atoms with Gasteiger partial charge in [0.25, 0.3) is 0 Å². The van der Waals surface area contributed by atoms with Crippen LogP contribution in [0.5, 0.6) is 5.75 Å². The third-order valence-corrected chi connectivity index (χ3v) is 5.74. The molecule has 1 amide bonds. The van der Waals surface area contributed by atoms with Gasteiger partial charge >= 0.3 is 0 Å². The van der Waals surface area contributed by atoms with Crippen molar-refractivity contribution in [3.8, 4) is 5.75 Å². The number of rotatable bonds is 4. The molecule has 1 fully saturated rings. The van der Waals surface area contributed by atoms with E-state index in [4.69, 9.17) is 15.2 Å². The average molecular weight is 332 g/mol. The molecular weight excluding hydrogens is 304 g/mol. The van der Waals surface area contributed by atoms with Crippen molar-refractivity contribution in [1.82, 2.24) is 4.90 Å². The first-order chi connectivity index (χ1) is 11.4. The van der Waals surface area contributed by atoms with Crippen molar-refractivity contribution in [3.05, 3.63) is 29.3 Å². The second-order valence-electron chi connectivity index (χ2n) is 7.49. The van der Waals surface area contributed by atoms with Crippen LogP contribution < -0.4 is 10.5 Å². The zero-order chi connectivity index (χ0) is 17.4. The van der Waals surface area contributed by atoms with Crippen molar-refractivity contribution in [2.75, 3.05) is 33.9 Å². The number of nitrogens with two attached hydrogens (primary N) is 1. The SMILES string of the molecule is COCC1(C)CCN(C(=O)C2(N)CCc3c(OC)cccc32)CC1. The van der Waals surface area contributed by atoms with E-state index in [0.717, 1.165) is 55.8 Å². The van der Waals surface area contributed by atoms with Gasteiger partial charge < -0.3 is 20.1 Å². The number of likely N-dealkylation sites (tertiary alicyclic amines) is 1. The van der Waals surface area contributed by atoms with E-state index in [1.807, 2.05) is 23.1 Å². The summed E-state index contributed by atoms with van der Waals surface area (Å²) in [6.07, 6.45) is 3.34. The molecule has 0 bridgehead atoms. The molecule has 3 rings (SSSR count). The van der Waals surface area contributed by atoms with Gasteiger partial charge in [-0.1, -0.05) is 19.1 Å². The zero-order valence-corrected chi connectivity index (χ0v) is 14.9. The molecule has 0 aromatic heterocycles. The molecule has 0 saturated carbocycles. The van der Waals surface area contributed by atoms with Gasteiger partial charge in [-0.2, -0.15) is 0 Å². The molecule has 2 N–H and O–H groups in total. The molecule has 2 aliphatic rings. The smallest absolute Gasteiger partial charge is 0.247 e. The van der Waals surface area contributed by atoms with Crippen molar-refractivity contribution in [2.24, 2.45) is 11.1 Å². The minimum absolute atomic E-state index is 0.0500. The van der Waals surface area contributed by atoms with E-state index in [1.54, 1.807) is 14.2 Å². The number of piperidine rings is 1. The van der Waals surface area contributed by atoms with Crippen LogP contribution in [-0.2, 0) is 21.5 Å². The molecule has 1 unspecified atom stereocenters. The summed E-state index contributed by atoms with van der Waals surface area (Å²) in [5.74, 6) is 0.882. The average Bonchev–Trinajstić information content (AvgIpc) is 2.93. The molecule has 1 heterocycles. The zero-order valence-electron chi connectivity index (χ0n) is 14.9. The Morgan fingerprint density at radius 3 is 2.58 bits per heavy atom. The third kappa shape index (κ3) is 2.80. The quantitative estimate of drug-likeness (QED) is 0.917. The van der Waals surface area contributed by atoms with E-state index in [9.17, 15) is 4.79 Å². The van der Waals surface area contributed by atoms with Gasteiger partial charge in [-0.15, -0.1) is 0 Å². The Hall–Kier alpha value is -1.59. The van der Waals surface area contributed by atoms with Crippen LogP contribution >= 0.6 is 0 Å². The standard InChI is InChI=1S/C19H28N2O3/c1-18(13-23-2)9-11-21(12-10-18)17(22)19(20)8-7-14-15(19)5-4-6-16(14)24-3/h4-6H,7-13,20H2,1-3H3. The fourth-order valence-electron chi connectivity index (χ4n) is 4.14. The summed E-state index contributed by atoms with van der Waals surface area (Å²) < 4.78 is 10.8. The van der Waals surface area contributed by atoms with Crippen LogP contribution in [0.1, 0.15) is 37.3 Å². The van der Waals surface area contributed by atoms with Crippen LogP contribution in [0.2, 0.25) is 0 Å². The Balaban J connectivity index is 1.78. The predicted molar refractivity (Wildman–Crippen MR) is 93.0 cm³/mol. The Kier molecular flexibility index (Phi) is 4.58. The summed E-state index contributed by atoms with van der Waals surface area (Å²) >= 11 is 0. The van der Waals surface area contributed by atoms with Gasteiger partial charge in [-0.05, 0) is 48.3 Å². The Bertz CT molecular complexity index is 623. The molecule has 1 aliphatic carbocycles. The lowest BCUT2D eigenvalue weighted by Crippen LogP contribution is -2.54. The number of hydrogen-bond acceptors (Lipinski definition) is 4. The van der Waals surface area contributed by atoms with Gasteiger partial charge in [0, 0.05) is 20.2 Å². The number of carbonyl (C=O) groups is 1. The van der Waals surface area contributed by atoms with E-state index < -0.39 is 5.54 Å². The number of amides is 1. The van der Waals surface area contributed by atoms with Crippen molar-refractivity contribution in [1.29, 1.82) is 0 Å². The minimum atomic E-state index is -0.918. The monoisotopic (exact) mass is 332 g/mol. The van der Waals surface area contributed by atoms with Crippen molar-refractivity contribution < 1.29 is 14.3 Å². The van der Waals surface area contributed by atoms with Crippen LogP contribution in [-0.4, -0.2) is 44.7 Å². The molecule has 24 heavy (non-hydrogen) atoms. The highest BCUT2D eigenvalue weighted by molar-refractivity contribution is 5.89. The molecule has 1 aliphatic heterocycles. The summed E-state index contributed by atoms with van der Waals surface area (Å²) in [6, 6.07) is 5.83. The van der Waals surface area contributed by atoms with E-state index in [-0.39, 0.29) is 11.3 Å². The first kappa shape index (κ1) is 17.2. The number of nitrogens with zero attached hydrogens (tertiary/aromatic N) is 1. The van der Waals surface area contributed by atoms with E-state index >= 15 is 0 Å². The van der Waals surface area contributed by atoms with Crippen LogP contribution in [0.4, 0.5) is 0 Å². The van der Waals surface area contributed by atoms with E-state index in [1.165, 1.54) is 0 Å². The first-order valence-electron chi connectivity index (χ1n) is 8.67. The second-order valence-corrected chi connectivity index (χ2v) is 7.49. The van der Waals surface area contributed by atoms with Crippen LogP contribution in [0.25, 0.3) is 0 Å². The van der Waals surface area contributed by atoms with Crippen molar-refractivity contribution >= 4 is 5.91 Å².